The Bertz CT molecular complexity index is 470. The van der Waals surface area contributed by atoms with Crippen LogP contribution >= 0.6 is 0 Å². The molecule has 1 atom stereocenters. The van der Waals surface area contributed by atoms with Crippen molar-refractivity contribution in [3.05, 3.63) is 42.0 Å². The van der Waals surface area contributed by atoms with Crippen LogP contribution in [-0.2, 0) is 11.3 Å². The zero-order valence-corrected chi connectivity index (χ0v) is 11.1. The maximum atomic E-state index is 10.6. The van der Waals surface area contributed by atoms with Gasteiger partial charge in [-0.3, -0.25) is 4.90 Å². The Labute approximate surface area is 113 Å². The predicted octanol–water partition coefficient (Wildman–Crippen LogP) is 2.30. The first-order chi connectivity index (χ1) is 9.20. The number of hydrogen-bond donors (Lipinski definition) is 1. The molecule has 0 saturated carbocycles. The summed E-state index contributed by atoms with van der Waals surface area (Å²) in [6.07, 6.45) is 5.48. The highest BCUT2D eigenvalue weighted by Crippen LogP contribution is 2.23. The second-order valence-electron chi connectivity index (χ2n) is 4.62. The number of nitrogens with zero attached hydrogens (tertiary/aromatic N) is 1. The van der Waals surface area contributed by atoms with E-state index in [1.807, 2.05) is 24.3 Å². The fourth-order valence-electron chi connectivity index (χ4n) is 2.32. The minimum atomic E-state index is -0.955. The molecular weight excluding hydrogens is 242 g/mol. The highest BCUT2D eigenvalue weighted by atomic mass is 16.5. The molecule has 1 aromatic rings. The molecular formula is C15H19NO3. The smallest absolute Gasteiger partial charge is 0.341 e. The van der Waals surface area contributed by atoms with E-state index in [1.54, 1.807) is 0 Å². The van der Waals surface area contributed by atoms with E-state index < -0.39 is 5.97 Å². The summed E-state index contributed by atoms with van der Waals surface area (Å²) in [6, 6.07) is 8.09. The number of ether oxygens (including phenoxy) is 1. The Morgan fingerprint density at radius 2 is 2.26 bits per heavy atom. The van der Waals surface area contributed by atoms with E-state index in [-0.39, 0.29) is 6.61 Å². The van der Waals surface area contributed by atoms with Crippen molar-refractivity contribution in [2.45, 2.75) is 25.9 Å². The molecule has 0 unspecified atom stereocenters. The van der Waals surface area contributed by atoms with Crippen LogP contribution in [0.25, 0.3) is 0 Å². The molecule has 1 aliphatic heterocycles. The van der Waals surface area contributed by atoms with E-state index in [4.69, 9.17) is 9.84 Å². The maximum absolute atomic E-state index is 10.6. The molecule has 1 aliphatic rings. The van der Waals surface area contributed by atoms with Gasteiger partial charge in [0, 0.05) is 24.7 Å². The molecule has 0 spiro atoms. The lowest BCUT2D eigenvalue weighted by Crippen LogP contribution is -2.29. The lowest BCUT2D eigenvalue weighted by molar-refractivity contribution is -0.139. The molecule has 0 radical (unpaired) electrons. The van der Waals surface area contributed by atoms with Crippen LogP contribution in [0.15, 0.2) is 36.4 Å². The zero-order valence-electron chi connectivity index (χ0n) is 11.1. The Balaban J connectivity index is 2.05. The summed E-state index contributed by atoms with van der Waals surface area (Å²) in [5.41, 5.74) is 1.03. The molecule has 0 saturated heterocycles. The first-order valence-electron chi connectivity index (χ1n) is 6.54. The van der Waals surface area contributed by atoms with Crippen molar-refractivity contribution in [3.63, 3.8) is 0 Å². The maximum Gasteiger partial charge on any atom is 0.341 e. The Morgan fingerprint density at radius 1 is 1.47 bits per heavy atom. The molecule has 0 bridgehead atoms. The van der Waals surface area contributed by atoms with Gasteiger partial charge in [0.1, 0.15) is 5.75 Å². The zero-order chi connectivity index (χ0) is 13.7. The summed E-state index contributed by atoms with van der Waals surface area (Å²) >= 11 is 0. The van der Waals surface area contributed by atoms with Gasteiger partial charge in [-0.15, -0.1) is 0 Å². The van der Waals surface area contributed by atoms with Crippen molar-refractivity contribution in [2.75, 3.05) is 13.2 Å². The van der Waals surface area contributed by atoms with E-state index in [1.165, 1.54) is 0 Å². The molecule has 0 aromatic heterocycles. The molecule has 4 nitrogen and oxygen atoms in total. The van der Waals surface area contributed by atoms with Gasteiger partial charge in [-0.1, -0.05) is 37.3 Å². The Hall–Kier alpha value is -1.81. The molecule has 1 heterocycles. The van der Waals surface area contributed by atoms with Crippen LogP contribution in [0.1, 0.15) is 18.9 Å². The monoisotopic (exact) mass is 261 g/mol. The van der Waals surface area contributed by atoms with E-state index in [2.05, 4.69) is 24.0 Å². The van der Waals surface area contributed by atoms with Crippen LogP contribution in [0.5, 0.6) is 5.75 Å². The topological polar surface area (TPSA) is 49.8 Å². The van der Waals surface area contributed by atoms with Crippen LogP contribution in [0.2, 0.25) is 0 Å². The highest BCUT2D eigenvalue weighted by Gasteiger charge is 2.19. The third-order valence-electron chi connectivity index (χ3n) is 3.28. The van der Waals surface area contributed by atoms with Crippen LogP contribution in [0, 0.1) is 0 Å². The van der Waals surface area contributed by atoms with Gasteiger partial charge in [0.05, 0.1) is 0 Å². The van der Waals surface area contributed by atoms with E-state index >= 15 is 0 Å². The van der Waals surface area contributed by atoms with Crippen LogP contribution < -0.4 is 4.74 Å². The molecule has 2 rings (SSSR count). The summed E-state index contributed by atoms with van der Waals surface area (Å²) in [5.74, 6) is -0.296. The first-order valence-corrected chi connectivity index (χ1v) is 6.54. The number of benzene rings is 1. The predicted molar refractivity (Wildman–Crippen MR) is 73.2 cm³/mol. The summed E-state index contributed by atoms with van der Waals surface area (Å²) in [4.78, 5) is 12.9. The number of carboxylic acids is 1. The van der Waals surface area contributed by atoms with E-state index in [9.17, 15) is 4.79 Å². The van der Waals surface area contributed by atoms with Gasteiger partial charge < -0.3 is 9.84 Å². The van der Waals surface area contributed by atoms with Gasteiger partial charge in [0.2, 0.25) is 0 Å². The average Bonchev–Trinajstić information content (AvgIpc) is 2.85. The molecule has 1 aromatic carbocycles. The van der Waals surface area contributed by atoms with E-state index in [0.29, 0.717) is 11.8 Å². The van der Waals surface area contributed by atoms with Crippen molar-refractivity contribution in [1.82, 2.24) is 4.90 Å². The molecule has 0 fully saturated rings. The lowest BCUT2D eigenvalue weighted by atomic mass is 10.1. The summed E-state index contributed by atoms with van der Waals surface area (Å²) in [5, 5.41) is 8.68. The SMILES string of the molecule is CC[C@H]1C=CCN1Cc1ccccc1OCC(=O)O. The van der Waals surface area contributed by atoms with Crippen LogP contribution in [0.4, 0.5) is 0 Å². The molecule has 19 heavy (non-hydrogen) atoms. The van der Waals surface area contributed by atoms with Gasteiger partial charge in [-0.2, -0.15) is 0 Å². The number of hydrogen-bond acceptors (Lipinski definition) is 3. The standard InChI is InChI=1S/C15H19NO3/c1-2-13-7-5-9-16(13)10-12-6-3-4-8-14(12)19-11-15(17)18/h3-8,13H,2,9-11H2,1H3,(H,17,18)/t13-/m0/s1. The quantitative estimate of drug-likeness (QED) is 0.798. The third kappa shape index (κ3) is 3.58. The molecule has 4 heteroatoms. The van der Waals surface area contributed by atoms with Crippen molar-refractivity contribution in [1.29, 1.82) is 0 Å². The van der Waals surface area contributed by atoms with Gasteiger partial charge in [-0.25, -0.2) is 4.79 Å². The molecule has 0 aliphatic carbocycles. The second kappa shape index (κ2) is 6.38. The van der Waals surface area contributed by atoms with Crippen molar-refractivity contribution in [3.8, 4) is 5.75 Å². The number of carbonyl (C=O) groups is 1. The van der Waals surface area contributed by atoms with Gasteiger partial charge in [0.15, 0.2) is 6.61 Å². The van der Waals surface area contributed by atoms with Crippen molar-refractivity contribution >= 4 is 5.97 Å². The summed E-state index contributed by atoms with van der Waals surface area (Å²) < 4.78 is 5.33. The second-order valence-corrected chi connectivity index (χ2v) is 4.62. The van der Waals surface area contributed by atoms with Crippen molar-refractivity contribution in [2.24, 2.45) is 0 Å². The summed E-state index contributed by atoms with van der Waals surface area (Å²) in [7, 11) is 0. The molecule has 1 N–H and O–H groups in total. The normalized spacial score (nSPS) is 18.7. The number of rotatable bonds is 6. The number of aliphatic carboxylic acids is 1. The fraction of sp³-hybridized carbons (Fsp3) is 0.400. The van der Waals surface area contributed by atoms with Gasteiger partial charge in [0.25, 0.3) is 0 Å². The fourth-order valence-corrected chi connectivity index (χ4v) is 2.32. The minimum Gasteiger partial charge on any atom is -0.482 e. The van der Waals surface area contributed by atoms with Gasteiger partial charge in [-0.05, 0) is 12.5 Å². The Kier molecular flexibility index (Phi) is 4.58. The van der Waals surface area contributed by atoms with E-state index in [0.717, 1.165) is 25.1 Å². The molecule has 102 valence electrons. The Morgan fingerprint density at radius 3 is 3.00 bits per heavy atom. The van der Waals surface area contributed by atoms with Gasteiger partial charge >= 0.3 is 5.97 Å². The van der Waals surface area contributed by atoms with Crippen molar-refractivity contribution < 1.29 is 14.6 Å². The summed E-state index contributed by atoms with van der Waals surface area (Å²) in [6.45, 7) is 3.58. The van der Waals surface area contributed by atoms with Crippen LogP contribution in [0.3, 0.4) is 0 Å². The third-order valence-corrected chi connectivity index (χ3v) is 3.28. The number of carboxylic acid groups (broad SMARTS) is 1. The largest absolute Gasteiger partial charge is 0.482 e. The highest BCUT2D eigenvalue weighted by molar-refractivity contribution is 5.68. The van der Waals surface area contributed by atoms with Crippen LogP contribution in [-0.4, -0.2) is 35.2 Å². The lowest BCUT2D eigenvalue weighted by Gasteiger charge is -2.24. The minimum absolute atomic E-state index is 0.299. The molecule has 0 amide bonds. The number of para-hydroxylation sites is 1. The average molecular weight is 261 g/mol. The first kappa shape index (κ1) is 13.6.